The van der Waals surface area contributed by atoms with Gasteiger partial charge >= 0.3 is 96.5 Å². The summed E-state index contributed by atoms with van der Waals surface area (Å²) in [5.74, 6) is 0. The molecule has 0 aromatic heterocycles. The van der Waals surface area contributed by atoms with Crippen molar-refractivity contribution in [3.8, 4) is 0 Å². The predicted octanol–water partition coefficient (Wildman–Crippen LogP) is 13.2. The third-order valence-electron chi connectivity index (χ3n) is 5.43. The van der Waals surface area contributed by atoms with Crippen molar-refractivity contribution in [2.45, 2.75) is 96.5 Å². The van der Waals surface area contributed by atoms with Crippen LogP contribution in [-0.2, 0) is 16.7 Å². The zero-order valence-electron chi connectivity index (χ0n) is 24.9. The maximum atomic E-state index is 12.4. The van der Waals surface area contributed by atoms with Crippen LogP contribution in [0.5, 0.6) is 0 Å². The van der Waals surface area contributed by atoms with Crippen LogP contribution in [-0.4, -0.2) is 96.5 Å². The van der Waals surface area contributed by atoms with Gasteiger partial charge in [0.15, 0.2) is 24.6 Å². The van der Waals surface area contributed by atoms with Gasteiger partial charge in [-0.05, 0) is 0 Å². The lowest BCUT2D eigenvalue weighted by Gasteiger charge is -2.39. The fourth-order valence-corrected chi connectivity index (χ4v) is 4.34. The highest BCUT2D eigenvalue weighted by Gasteiger charge is 2.91. The first-order valence-corrected chi connectivity index (χ1v) is 12.6. The first-order valence-electron chi connectivity index (χ1n) is 11.3. The second-order valence-corrected chi connectivity index (χ2v) is 10.1. The number of halogens is 38. The third-order valence-corrected chi connectivity index (χ3v) is 6.70. The summed E-state index contributed by atoms with van der Waals surface area (Å²) in [5, 5.41) is 0. The van der Waals surface area contributed by atoms with Crippen molar-refractivity contribution in [3.05, 3.63) is 0 Å². The molecule has 0 aliphatic heterocycles. The highest BCUT2D eigenvalue weighted by Crippen LogP contribution is 2.62. The fraction of sp³-hybridized carbons (Fsp3) is 1.00. The van der Waals surface area contributed by atoms with Crippen molar-refractivity contribution >= 4 is 24.6 Å². The first kappa shape index (κ1) is 64.5. The normalized spacial score (nSPS) is 15.8. The molecular weight excluding hydrogens is 1040 g/mol. The van der Waals surface area contributed by atoms with E-state index in [2.05, 4.69) is 0 Å². The van der Waals surface area contributed by atoms with Crippen LogP contribution in [0.1, 0.15) is 0 Å². The van der Waals surface area contributed by atoms with E-state index < -0.39 is 121 Å². The average Bonchev–Trinajstić information content (AvgIpc) is 2.79. The van der Waals surface area contributed by atoms with Crippen molar-refractivity contribution < 1.29 is 184 Å². The summed E-state index contributed by atoms with van der Waals surface area (Å²) >= 11 is -6.18. The molecule has 0 saturated carbocycles. The summed E-state index contributed by atoms with van der Waals surface area (Å²) in [4.78, 5) is 0. The van der Waals surface area contributed by atoms with Gasteiger partial charge in [-0.15, -0.1) is 0 Å². The second-order valence-electron chi connectivity index (χ2n) is 9.17. The van der Waals surface area contributed by atoms with Crippen molar-refractivity contribution in [1.82, 2.24) is 0 Å². The molecule has 0 amide bonds. The van der Waals surface area contributed by atoms with E-state index in [4.69, 9.17) is 0 Å². The van der Waals surface area contributed by atoms with Gasteiger partial charge in [-0.2, -0.15) is 158 Å². The number of hydrogen-bond acceptors (Lipinski definition) is 6. The summed E-state index contributed by atoms with van der Waals surface area (Å²) < 4.78 is 454. The fourth-order valence-electron chi connectivity index (χ4n) is 2.73. The van der Waals surface area contributed by atoms with E-state index in [0.717, 1.165) is 0 Å². The molecule has 0 bridgehead atoms. The largest absolute Gasteiger partial charge is 0.437 e. The van der Waals surface area contributed by atoms with Crippen molar-refractivity contribution in [1.29, 1.82) is 0 Å². The summed E-state index contributed by atoms with van der Waals surface area (Å²) in [6.45, 7) is 0. The molecule has 0 aliphatic rings. The van der Waals surface area contributed by atoms with Crippen LogP contribution >= 0.6 is 24.6 Å². The second kappa shape index (κ2) is 17.8. The minimum Gasteiger partial charge on any atom is -0.269 e. The molecule has 0 atom stereocenters. The van der Waals surface area contributed by atoms with Crippen LogP contribution in [0, 0.1) is 0 Å². The van der Waals surface area contributed by atoms with Crippen LogP contribution in [0.4, 0.5) is 167 Å². The Bertz CT molecular complexity index is 974. The minimum atomic E-state index is -7.67. The van der Waals surface area contributed by atoms with Gasteiger partial charge in [0.25, 0.3) is 0 Å². The van der Waals surface area contributed by atoms with Gasteiger partial charge in [0, 0.05) is 0 Å². The average molecular weight is 1040 g/mol. The van der Waals surface area contributed by atoms with Crippen LogP contribution in [0.25, 0.3) is 0 Å². The standard InChI is InChI=1S/2C8F18O2S.2FH/c2*9-3(10,11)1(4(12,13)14,5(15,16)17)27-29-28-2(6(18,19)20,7(21,22)23)8(24,25)26;;/h;;2*1H. The summed E-state index contributed by atoms with van der Waals surface area (Å²) in [6.07, 6.45) is -92.0. The van der Waals surface area contributed by atoms with E-state index in [1.165, 1.54) is 0 Å². The zero-order valence-corrected chi connectivity index (χ0v) is 26.5. The van der Waals surface area contributed by atoms with Gasteiger partial charge in [-0.25, -0.2) is 0 Å². The highest BCUT2D eigenvalue weighted by atomic mass is 32.2. The van der Waals surface area contributed by atoms with Gasteiger partial charge in [0.05, 0.1) is 0 Å². The van der Waals surface area contributed by atoms with Gasteiger partial charge in [-0.1, -0.05) is 0 Å². The highest BCUT2D eigenvalue weighted by molar-refractivity contribution is 7.90. The Morgan fingerprint density at radius 2 is 0.233 bits per heavy atom. The topological polar surface area (TPSA) is 36.9 Å². The Morgan fingerprint density at radius 3 is 0.283 bits per heavy atom. The molecule has 0 radical (unpaired) electrons. The van der Waals surface area contributed by atoms with E-state index in [9.17, 15) is 158 Å². The van der Waals surface area contributed by atoms with E-state index in [-0.39, 0.29) is 9.41 Å². The maximum absolute atomic E-state index is 12.4. The Hall–Kier alpha value is -2.12. The molecule has 0 heterocycles. The van der Waals surface area contributed by atoms with Crippen LogP contribution in [0.3, 0.4) is 0 Å². The molecule has 0 aliphatic carbocycles. The Balaban J connectivity index is -0.000000506. The van der Waals surface area contributed by atoms with Crippen LogP contribution in [0.2, 0.25) is 0 Å². The minimum absolute atomic E-state index is 0. The lowest BCUT2D eigenvalue weighted by Crippen LogP contribution is -2.68. The summed E-state index contributed by atoms with van der Waals surface area (Å²) in [6, 6.07) is 0. The van der Waals surface area contributed by atoms with E-state index in [0.29, 0.717) is 0 Å². The van der Waals surface area contributed by atoms with Gasteiger partial charge in [0.1, 0.15) is 0 Å². The molecule has 368 valence electrons. The molecule has 0 N–H and O–H groups in total. The lowest BCUT2D eigenvalue weighted by atomic mass is 10.0. The molecule has 44 heteroatoms. The van der Waals surface area contributed by atoms with Crippen LogP contribution < -0.4 is 0 Å². The molecule has 0 aromatic carbocycles. The number of hydrogen-bond donors (Lipinski definition) is 0. The monoisotopic (exact) mass is 1040 g/mol. The Kier molecular flexibility index (Phi) is 19.1. The van der Waals surface area contributed by atoms with Gasteiger partial charge in [-0.3, -0.25) is 26.1 Å². The van der Waals surface area contributed by atoms with Crippen molar-refractivity contribution in [2.24, 2.45) is 0 Å². The Labute approximate surface area is 306 Å². The smallest absolute Gasteiger partial charge is 0.269 e. The van der Waals surface area contributed by atoms with E-state index in [1.54, 1.807) is 0 Å². The number of rotatable bonds is 8. The number of alkyl halides is 36. The molecule has 0 unspecified atom stereocenters. The van der Waals surface area contributed by atoms with E-state index in [1.807, 2.05) is 16.7 Å². The third kappa shape index (κ3) is 11.3. The molecule has 0 spiro atoms. The van der Waals surface area contributed by atoms with Crippen LogP contribution in [0.15, 0.2) is 0 Å². The zero-order chi connectivity index (χ0) is 48.2. The molecule has 0 fully saturated rings. The molecule has 4 nitrogen and oxygen atoms in total. The quantitative estimate of drug-likeness (QED) is 0.178. The van der Waals surface area contributed by atoms with Crippen molar-refractivity contribution in [3.63, 3.8) is 0 Å². The first-order chi connectivity index (χ1) is 24.4. The maximum Gasteiger partial charge on any atom is 0.437 e. The SMILES string of the molecule is F.F.FC(F)(F)C(OSOC(C(F)(F)F)(C(F)(F)F)C(F)(F)F)(C(F)(F)F)C(F)(F)F.FC(F)(F)C(OSOC(C(F)(F)F)(C(F)(F)F)C(F)(F)F)(C(F)(F)F)C(F)(F)F. The molecule has 0 aromatic rings. The Morgan fingerprint density at radius 1 is 0.167 bits per heavy atom. The molecule has 60 heavy (non-hydrogen) atoms. The van der Waals surface area contributed by atoms with Gasteiger partial charge < -0.3 is 0 Å². The summed E-state index contributed by atoms with van der Waals surface area (Å²) in [5.41, 5.74) is -30.0. The van der Waals surface area contributed by atoms with Crippen molar-refractivity contribution in [2.75, 3.05) is 0 Å². The van der Waals surface area contributed by atoms with Gasteiger partial charge in [0.2, 0.25) is 0 Å². The summed E-state index contributed by atoms with van der Waals surface area (Å²) in [7, 11) is 0. The van der Waals surface area contributed by atoms with E-state index >= 15 is 0 Å². The predicted molar refractivity (Wildman–Crippen MR) is 108 cm³/mol. The molecule has 0 rings (SSSR count). The molecular formula is C16H2F38O4S2. The lowest BCUT2D eigenvalue weighted by molar-refractivity contribution is -0.446. The molecule has 0 saturated heterocycles.